The lowest BCUT2D eigenvalue weighted by Gasteiger charge is -2.15. The number of halogens is 4. The van der Waals surface area contributed by atoms with Crippen LogP contribution in [-0.4, -0.2) is 22.4 Å². The highest BCUT2D eigenvalue weighted by molar-refractivity contribution is 5.90. The van der Waals surface area contributed by atoms with Crippen LogP contribution in [-0.2, 0) is 0 Å². The van der Waals surface area contributed by atoms with Gasteiger partial charge in [-0.25, -0.2) is 4.79 Å². The molecule has 0 aliphatic carbocycles. The molecule has 1 rings (SSSR count). The van der Waals surface area contributed by atoms with Gasteiger partial charge in [0.05, 0.1) is 6.42 Å². The number of hydrogen-bond donors (Lipinski definition) is 3. The summed E-state index contributed by atoms with van der Waals surface area (Å²) in [6.07, 6.45) is -5.68. The Hall–Kier alpha value is -1.47. The average Bonchev–Trinajstić information content (AvgIpc) is 2.14. The third-order valence-electron chi connectivity index (χ3n) is 2.13. The largest absolute Gasteiger partial charge is 0.507 e. The molecule has 0 unspecified atom stereocenters. The average molecular weight is 286 g/mol. The highest BCUT2D eigenvalue weighted by atomic mass is 35.5. The molecule has 4 nitrogen and oxygen atoms in total. The number of carbonyl (C=O) groups is 1. The predicted molar refractivity (Wildman–Crippen MR) is 59.9 cm³/mol. The Morgan fingerprint density at radius 3 is 2.39 bits per heavy atom. The molecule has 0 heterocycles. The summed E-state index contributed by atoms with van der Waals surface area (Å²) in [4.78, 5) is 10.7. The number of aromatic carboxylic acids is 1. The molecule has 0 radical (unpaired) electrons. The maximum absolute atomic E-state index is 12.1. The summed E-state index contributed by atoms with van der Waals surface area (Å²) in [6.45, 7) is 0. The van der Waals surface area contributed by atoms with E-state index in [9.17, 15) is 23.1 Å². The fourth-order valence-electron chi connectivity index (χ4n) is 1.32. The number of carboxylic acid groups (broad SMARTS) is 1. The van der Waals surface area contributed by atoms with Gasteiger partial charge in [-0.2, -0.15) is 13.2 Å². The van der Waals surface area contributed by atoms with Gasteiger partial charge in [0.2, 0.25) is 0 Å². The van der Waals surface area contributed by atoms with Crippen molar-refractivity contribution in [2.45, 2.75) is 18.6 Å². The first-order chi connectivity index (χ1) is 7.70. The van der Waals surface area contributed by atoms with Crippen LogP contribution in [0.4, 0.5) is 13.2 Å². The van der Waals surface area contributed by atoms with Gasteiger partial charge in [0.25, 0.3) is 0 Å². The van der Waals surface area contributed by atoms with Crippen molar-refractivity contribution in [3.05, 3.63) is 29.3 Å². The van der Waals surface area contributed by atoms with Gasteiger partial charge in [0.1, 0.15) is 11.3 Å². The van der Waals surface area contributed by atoms with Gasteiger partial charge >= 0.3 is 12.1 Å². The first-order valence-corrected chi connectivity index (χ1v) is 4.59. The fraction of sp³-hybridized carbons (Fsp3) is 0.300. The van der Waals surface area contributed by atoms with Crippen molar-refractivity contribution >= 4 is 18.4 Å². The minimum absolute atomic E-state index is 0. The van der Waals surface area contributed by atoms with Crippen LogP contribution in [0.2, 0.25) is 0 Å². The van der Waals surface area contributed by atoms with Crippen LogP contribution in [0.5, 0.6) is 5.75 Å². The van der Waals surface area contributed by atoms with Crippen LogP contribution < -0.4 is 5.73 Å². The zero-order chi connectivity index (χ0) is 13.2. The summed E-state index contributed by atoms with van der Waals surface area (Å²) >= 11 is 0. The van der Waals surface area contributed by atoms with Gasteiger partial charge in [-0.15, -0.1) is 12.4 Å². The Kier molecular flexibility index (Phi) is 5.44. The van der Waals surface area contributed by atoms with E-state index in [-0.39, 0.29) is 18.0 Å². The van der Waals surface area contributed by atoms with E-state index in [4.69, 9.17) is 10.8 Å². The summed E-state index contributed by atoms with van der Waals surface area (Å²) in [5.41, 5.74) is 4.85. The lowest BCUT2D eigenvalue weighted by molar-refractivity contribution is -0.138. The standard InChI is InChI=1S/C10H10F3NO3.ClH/c11-10(12,13)4-7(14)5-1-2-8(15)6(3-5)9(16)17;/h1-3,7,15H,4,14H2,(H,16,17);1H/t7-;/m1./s1. The lowest BCUT2D eigenvalue weighted by Crippen LogP contribution is -2.20. The molecule has 1 atom stereocenters. The highest BCUT2D eigenvalue weighted by Gasteiger charge is 2.31. The van der Waals surface area contributed by atoms with Crippen LogP contribution in [0.3, 0.4) is 0 Å². The Morgan fingerprint density at radius 1 is 1.39 bits per heavy atom. The van der Waals surface area contributed by atoms with Crippen molar-refractivity contribution in [2.75, 3.05) is 0 Å². The molecule has 0 saturated carbocycles. The summed E-state index contributed by atoms with van der Waals surface area (Å²) in [5, 5.41) is 17.9. The molecule has 18 heavy (non-hydrogen) atoms. The van der Waals surface area contributed by atoms with E-state index in [1.165, 1.54) is 0 Å². The van der Waals surface area contributed by atoms with Crippen molar-refractivity contribution < 1.29 is 28.2 Å². The minimum Gasteiger partial charge on any atom is -0.507 e. The van der Waals surface area contributed by atoms with Crippen molar-refractivity contribution in [1.82, 2.24) is 0 Å². The van der Waals surface area contributed by atoms with E-state index < -0.39 is 35.9 Å². The van der Waals surface area contributed by atoms with Crippen LogP contribution in [0.25, 0.3) is 0 Å². The van der Waals surface area contributed by atoms with Crippen LogP contribution >= 0.6 is 12.4 Å². The quantitative estimate of drug-likeness (QED) is 0.796. The summed E-state index contributed by atoms with van der Waals surface area (Å²) in [5.74, 6) is -1.94. The molecule has 0 fully saturated rings. The second kappa shape index (κ2) is 5.92. The molecule has 1 aromatic carbocycles. The van der Waals surface area contributed by atoms with Crippen LogP contribution in [0, 0.1) is 0 Å². The minimum atomic E-state index is -4.43. The Labute approximate surface area is 107 Å². The van der Waals surface area contributed by atoms with E-state index in [0.717, 1.165) is 18.2 Å². The SMILES string of the molecule is Cl.N[C@H](CC(F)(F)F)c1ccc(O)c(C(=O)O)c1. The number of carboxylic acids is 1. The third kappa shape index (κ3) is 4.42. The van der Waals surface area contributed by atoms with E-state index in [0.29, 0.717) is 0 Å². The van der Waals surface area contributed by atoms with Gasteiger partial charge in [0.15, 0.2) is 0 Å². The number of nitrogens with two attached hydrogens (primary N) is 1. The van der Waals surface area contributed by atoms with Crippen molar-refractivity contribution in [3.8, 4) is 5.75 Å². The molecule has 0 saturated heterocycles. The molecule has 1 aromatic rings. The molecule has 0 bridgehead atoms. The summed E-state index contributed by atoms with van der Waals surface area (Å²) in [6, 6.07) is 1.76. The van der Waals surface area contributed by atoms with Gasteiger partial charge in [-0.3, -0.25) is 0 Å². The predicted octanol–water partition coefficient (Wildman–Crippen LogP) is 2.46. The number of alkyl halides is 3. The third-order valence-corrected chi connectivity index (χ3v) is 2.13. The Balaban J connectivity index is 0.00000289. The van der Waals surface area contributed by atoms with E-state index in [1.54, 1.807) is 0 Å². The number of benzene rings is 1. The molecular weight excluding hydrogens is 275 g/mol. The molecule has 0 aliphatic rings. The Bertz CT molecular complexity index is 437. The van der Waals surface area contributed by atoms with Crippen LogP contribution in [0.1, 0.15) is 28.4 Å². The number of aromatic hydroxyl groups is 1. The van der Waals surface area contributed by atoms with Crippen LogP contribution in [0.15, 0.2) is 18.2 Å². The first-order valence-electron chi connectivity index (χ1n) is 4.59. The smallest absolute Gasteiger partial charge is 0.390 e. The monoisotopic (exact) mass is 285 g/mol. The van der Waals surface area contributed by atoms with Crippen molar-refractivity contribution in [1.29, 1.82) is 0 Å². The zero-order valence-electron chi connectivity index (χ0n) is 8.94. The number of phenols is 1. The molecular formula is C10H11ClF3NO3. The molecule has 0 aromatic heterocycles. The highest BCUT2D eigenvalue weighted by Crippen LogP contribution is 2.29. The summed E-state index contributed by atoms with van der Waals surface area (Å²) in [7, 11) is 0. The molecule has 0 amide bonds. The molecule has 8 heteroatoms. The summed E-state index contributed by atoms with van der Waals surface area (Å²) < 4.78 is 36.3. The maximum Gasteiger partial charge on any atom is 0.390 e. The molecule has 0 aliphatic heterocycles. The lowest BCUT2D eigenvalue weighted by atomic mass is 10.0. The van der Waals surface area contributed by atoms with Gasteiger partial charge in [0, 0.05) is 6.04 Å². The second-order valence-electron chi connectivity index (χ2n) is 3.51. The van der Waals surface area contributed by atoms with Crippen molar-refractivity contribution in [2.24, 2.45) is 5.73 Å². The van der Waals surface area contributed by atoms with E-state index in [1.807, 2.05) is 0 Å². The van der Waals surface area contributed by atoms with Crippen molar-refractivity contribution in [3.63, 3.8) is 0 Å². The zero-order valence-corrected chi connectivity index (χ0v) is 9.76. The van der Waals surface area contributed by atoms with Gasteiger partial charge in [-0.05, 0) is 17.7 Å². The number of rotatable bonds is 3. The van der Waals surface area contributed by atoms with E-state index >= 15 is 0 Å². The number of hydrogen-bond acceptors (Lipinski definition) is 3. The second-order valence-corrected chi connectivity index (χ2v) is 3.51. The van der Waals surface area contributed by atoms with Gasteiger partial charge in [-0.1, -0.05) is 6.07 Å². The fourth-order valence-corrected chi connectivity index (χ4v) is 1.32. The Morgan fingerprint density at radius 2 is 1.94 bits per heavy atom. The normalized spacial score (nSPS) is 12.7. The van der Waals surface area contributed by atoms with E-state index in [2.05, 4.69) is 0 Å². The van der Waals surface area contributed by atoms with Gasteiger partial charge < -0.3 is 15.9 Å². The first kappa shape index (κ1) is 16.5. The maximum atomic E-state index is 12.1. The molecule has 102 valence electrons. The topological polar surface area (TPSA) is 83.5 Å². The molecule has 4 N–H and O–H groups in total. The molecule has 0 spiro atoms.